The van der Waals surface area contributed by atoms with Gasteiger partial charge in [-0.05, 0) is 74.3 Å². The van der Waals surface area contributed by atoms with Crippen molar-refractivity contribution in [1.29, 1.82) is 0 Å². The maximum absolute atomic E-state index is 6.64. The second-order valence-electron chi connectivity index (χ2n) is 10.3. The quantitative estimate of drug-likeness (QED) is 0.248. The lowest BCUT2D eigenvalue weighted by atomic mass is 9.76. The maximum atomic E-state index is 6.64. The summed E-state index contributed by atoms with van der Waals surface area (Å²) in [5.41, 5.74) is 9.39. The van der Waals surface area contributed by atoms with Gasteiger partial charge in [-0.2, -0.15) is 0 Å². The third kappa shape index (κ3) is 3.10. The van der Waals surface area contributed by atoms with Gasteiger partial charge in [0, 0.05) is 17.1 Å². The summed E-state index contributed by atoms with van der Waals surface area (Å²) in [4.78, 5) is 0. The predicted molar refractivity (Wildman–Crippen MR) is 155 cm³/mol. The zero-order valence-electron chi connectivity index (χ0n) is 20.5. The Morgan fingerprint density at radius 1 is 0.730 bits per heavy atom. The van der Waals surface area contributed by atoms with Crippen molar-refractivity contribution < 1.29 is 4.74 Å². The molecule has 0 saturated carbocycles. The fraction of sp³-hybridized carbons (Fsp3) is 0.111. The summed E-state index contributed by atoms with van der Waals surface area (Å²) in [6.45, 7) is 0. The lowest BCUT2D eigenvalue weighted by molar-refractivity contribution is 0.278. The Morgan fingerprint density at radius 2 is 1.51 bits per heavy atom. The molecule has 1 heteroatoms. The van der Waals surface area contributed by atoms with E-state index < -0.39 is 0 Å². The van der Waals surface area contributed by atoms with Crippen LogP contribution in [0.1, 0.15) is 34.6 Å². The molecule has 2 atom stereocenters. The Morgan fingerprint density at radius 3 is 2.43 bits per heavy atom. The van der Waals surface area contributed by atoms with Crippen LogP contribution in [0.4, 0.5) is 0 Å². The van der Waals surface area contributed by atoms with Crippen LogP contribution in [0.25, 0.3) is 44.3 Å². The van der Waals surface area contributed by atoms with E-state index in [9.17, 15) is 0 Å². The van der Waals surface area contributed by atoms with Crippen LogP contribution in [0.2, 0.25) is 0 Å². The van der Waals surface area contributed by atoms with E-state index in [-0.39, 0.29) is 12.0 Å². The van der Waals surface area contributed by atoms with E-state index in [4.69, 9.17) is 4.74 Å². The molecule has 0 N–H and O–H groups in total. The summed E-state index contributed by atoms with van der Waals surface area (Å²) in [5.74, 6) is 1.27. The van der Waals surface area contributed by atoms with Gasteiger partial charge < -0.3 is 4.74 Å². The van der Waals surface area contributed by atoms with Crippen molar-refractivity contribution in [1.82, 2.24) is 0 Å². The standard InChI is InChI=1S/C36H26O/c1-2-11-24-22-25(21-20-23(24)10-1)34-27-13-3-5-15-29(27)35(30-16-6-4-14-28(30)34)32-18-9-17-31-26-12-7-8-19-33(26)37-36(31)32/h1-5,7-15,17-22,31,36H,6,16H2. The molecule has 0 amide bonds. The molecule has 2 unspecified atom stereocenters. The van der Waals surface area contributed by atoms with Crippen molar-refractivity contribution in [3.05, 3.63) is 138 Å². The number of hydrogen-bond donors (Lipinski definition) is 0. The molecule has 3 aliphatic rings. The highest BCUT2D eigenvalue weighted by atomic mass is 16.5. The fourth-order valence-electron chi connectivity index (χ4n) is 6.67. The highest BCUT2D eigenvalue weighted by Gasteiger charge is 2.38. The molecular weight excluding hydrogens is 448 g/mol. The molecule has 1 nitrogen and oxygen atoms in total. The van der Waals surface area contributed by atoms with Gasteiger partial charge >= 0.3 is 0 Å². The number of para-hydroxylation sites is 1. The average Bonchev–Trinajstić information content (AvgIpc) is 3.35. The van der Waals surface area contributed by atoms with Gasteiger partial charge in [-0.25, -0.2) is 0 Å². The first-order valence-electron chi connectivity index (χ1n) is 13.2. The molecule has 5 aromatic carbocycles. The van der Waals surface area contributed by atoms with Gasteiger partial charge in [0.1, 0.15) is 11.9 Å². The molecule has 0 fully saturated rings. The number of fused-ring (bicyclic) bond motifs is 6. The molecule has 0 radical (unpaired) electrons. The first kappa shape index (κ1) is 20.8. The van der Waals surface area contributed by atoms with E-state index >= 15 is 0 Å². The Balaban J connectivity index is 1.40. The minimum Gasteiger partial charge on any atom is -0.484 e. The van der Waals surface area contributed by atoms with Crippen LogP contribution in [0.3, 0.4) is 0 Å². The molecule has 8 rings (SSSR count). The Bertz CT molecular complexity index is 1820. The van der Waals surface area contributed by atoms with Gasteiger partial charge in [-0.15, -0.1) is 0 Å². The van der Waals surface area contributed by atoms with E-state index in [2.05, 4.69) is 121 Å². The van der Waals surface area contributed by atoms with Gasteiger partial charge in [-0.1, -0.05) is 109 Å². The van der Waals surface area contributed by atoms with Crippen molar-refractivity contribution in [2.24, 2.45) is 0 Å². The number of hydrogen-bond acceptors (Lipinski definition) is 1. The Hall–Kier alpha value is -4.36. The van der Waals surface area contributed by atoms with Crippen molar-refractivity contribution in [2.75, 3.05) is 0 Å². The van der Waals surface area contributed by atoms with Gasteiger partial charge in [-0.3, -0.25) is 0 Å². The van der Waals surface area contributed by atoms with Crippen LogP contribution < -0.4 is 4.74 Å². The Kier molecular flexibility index (Phi) is 4.54. The zero-order chi connectivity index (χ0) is 24.3. The van der Waals surface area contributed by atoms with Gasteiger partial charge in [0.05, 0.1) is 0 Å². The molecule has 2 aliphatic carbocycles. The topological polar surface area (TPSA) is 9.23 Å². The van der Waals surface area contributed by atoms with Crippen LogP contribution in [-0.4, -0.2) is 6.10 Å². The lowest BCUT2D eigenvalue weighted by Gasteiger charge is -2.29. The second-order valence-corrected chi connectivity index (χ2v) is 10.3. The normalized spacial score (nSPS) is 19.3. The summed E-state index contributed by atoms with van der Waals surface area (Å²) in [7, 11) is 0. The SMILES string of the molecule is C1=CC2c3ccccc3OC2C(c2c3c(c(-c4ccc5ccccc5c4)c4ccccc24)C=CCC3)=C1. The third-order valence-electron chi connectivity index (χ3n) is 8.29. The number of allylic oxidation sites excluding steroid dienone is 3. The van der Waals surface area contributed by atoms with Gasteiger partial charge in [0.15, 0.2) is 0 Å². The van der Waals surface area contributed by atoms with Gasteiger partial charge in [0.2, 0.25) is 0 Å². The minimum absolute atomic E-state index is 0.00679. The summed E-state index contributed by atoms with van der Waals surface area (Å²) < 4.78 is 6.64. The highest BCUT2D eigenvalue weighted by molar-refractivity contribution is 6.09. The molecule has 1 heterocycles. The predicted octanol–water partition coefficient (Wildman–Crippen LogP) is 9.12. The first-order valence-corrected chi connectivity index (χ1v) is 13.2. The van der Waals surface area contributed by atoms with E-state index in [1.165, 1.54) is 60.5 Å². The van der Waals surface area contributed by atoms with Crippen LogP contribution in [0, 0.1) is 0 Å². The number of ether oxygens (including phenoxy) is 1. The molecular formula is C36H26O. The molecule has 5 aromatic rings. The summed E-state index contributed by atoms with van der Waals surface area (Å²) >= 11 is 0. The van der Waals surface area contributed by atoms with Crippen LogP contribution in [-0.2, 0) is 6.42 Å². The minimum atomic E-state index is 0.00679. The number of rotatable bonds is 2. The summed E-state index contributed by atoms with van der Waals surface area (Å²) in [5, 5.41) is 5.18. The molecule has 0 bridgehead atoms. The molecule has 1 aliphatic heterocycles. The van der Waals surface area contributed by atoms with Crippen molar-refractivity contribution >= 4 is 33.2 Å². The lowest BCUT2D eigenvalue weighted by Crippen LogP contribution is -2.23. The van der Waals surface area contributed by atoms with Crippen LogP contribution in [0.5, 0.6) is 5.75 Å². The Labute approximate surface area is 217 Å². The van der Waals surface area contributed by atoms with Crippen molar-refractivity contribution in [3.8, 4) is 16.9 Å². The van der Waals surface area contributed by atoms with Crippen LogP contribution >= 0.6 is 0 Å². The van der Waals surface area contributed by atoms with Crippen LogP contribution in [0.15, 0.2) is 115 Å². The van der Waals surface area contributed by atoms with Crippen molar-refractivity contribution in [2.45, 2.75) is 24.9 Å². The maximum Gasteiger partial charge on any atom is 0.135 e. The van der Waals surface area contributed by atoms with E-state index in [0.29, 0.717) is 0 Å². The van der Waals surface area contributed by atoms with E-state index in [1.54, 1.807) is 0 Å². The molecule has 0 aromatic heterocycles. The number of benzene rings is 5. The summed E-state index contributed by atoms with van der Waals surface area (Å²) in [6.07, 6.45) is 13.6. The first-order chi connectivity index (χ1) is 18.4. The summed E-state index contributed by atoms with van der Waals surface area (Å²) in [6, 6.07) is 33.0. The molecule has 37 heavy (non-hydrogen) atoms. The van der Waals surface area contributed by atoms with E-state index in [0.717, 1.165) is 18.6 Å². The zero-order valence-corrected chi connectivity index (χ0v) is 20.5. The van der Waals surface area contributed by atoms with Gasteiger partial charge in [0.25, 0.3) is 0 Å². The van der Waals surface area contributed by atoms with E-state index in [1.807, 2.05) is 0 Å². The largest absolute Gasteiger partial charge is 0.484 e. The smallest absolute Gasteiger partial charge is 0.135 e. The highest BCUT2D eigenvalue weighted by Crippen LogP contribution is 2.50. The average molecular weight is 475 g/mol. The molecule has 176 valence electrons. The van der Waals surface area contributed by atoms with Crippen molar-refractivity contribution in [3.63, 3.8) is 0 Å². The monoisotopic (exact) mass is 474 g/mol. The molecule has 0 spiro atoms. The fourth-order valence-corrected chi connectivity index (χ4v) is 6.67. The second kappa shape index (κ2) is 8.08. The molecule has 0 saturated heterocycles. The third-order valence-corrected chi connectivity index (χ3v) is 8.29.